The van der Waals surface area contributed by atoms with Crippen LogP contribution < -0.4 is 15.1 Å². The summed E-state index contributed by atoms with van der Waals surface area (Å²) in [7, 11) is 0. The van der Waals surface area contributed by atoms with E-state index >= 15 is 0 Å². The quantitative estimate of drug-likeness (QED) is 0.854. The van der Waals surface area contributed by atoms with E-state index in [4.69, 9.17) is 11.6 Å². The predicted molar refractivity (Wildman–Crippen MR) is 98.8 cm³/mol. The van der Waals surface area contributed by atoms with Crippen molar-refractivity contribution < 1.29 is 18.5 Å². The van der Waals surface area contributed by atoms with Gasteiger partial charge >= 0.3 is 0 Å². The number of piperazine rings is 1. The molecule has 2 N–H and O–H groups in total. The van der Waals surface area contributed by atoms with E-state index in [0.717, 1.165) is 53.9 Å². The highest BCUT2D eigenvalue weighted by molar-refractivity contribution is 6.33. The maximum absolute atomic E-state index is 13.3. The number of nitrogens with zero attached hydrogens (tertiary/aromatic N) is 1. The minimum atomic E-state index is -0.976. The zero-order valence-electron chi connectivity index (χ0n) is 14.4. The summed E-state index contributed by atoms with van der Waals surface area (Å²) in [5, 5.41) is 3.38. The molecule has 26 heavy (non-hydrogen) atoms. The van der Waals surface area contributed by atoms with Gasteiger partial charge in [-0.05, 0) is 31.2 Å². The summed E-state index contributed by atoms with van der Waals surface area (Å²) in [5.41, 5.74) is 1.27. The standard InChI is InChI=1S/C19H20ClF2N3O/c1-13(19(26)23-14-6-7-16(21)17(22)12-14)24-8-10-25(11-9-24)18-5-3-2-4-15(18)20/h2-7,12-13H,8-11H2,1H3,(H,23,26)/p+1/t13-/m0/s1. The van der Waals surface area contributed by atoms with Crippen molar-refractivity contribution >= 4 is 28.9 Å². The van der Waals surface area contributed by atoms with Gasteiger partial charge in [-0.25, -0.2) is 8.78 Å². The molecule has 7 heteroatoms. The molecule has 0 bridgehead atoms. The molecule has 2 aromatic carbocycles. The van der Waals surface area contributed by atoms with Gasteiger partial charge in [0, 0.05) is 11.8 Å². The number of benzene rings is 2. The highest BCUT2D eigenvalue weighted by atomic mass is 35.5. The predicted octanol–water partition coefficient (Wildman–Crippen LogP) is 2.35. The maximum Gasteiger partial charge on any atom is 0.282 e. The van der Waals surface area contributed by atoms with Crippen molar-refractivity contribution in [2.75, 3.05) is 36.4 Å². The van der Waals surface area contributed by atoms with Crippen molar-refractivity contribution in [1.82, 2.24) is 0 Å². The number of hydrogen-bond donors (Lipinski definition) is 2. The molecule has 1 atom stereocenters. The van der Waals surface area contributed by atoms with Gasteiger partial charge in [0.1, 0.15) is 0 Å². The number of nitrogens with one attached hydrogen (secondary N) is 2. The van der Waals surface area contributed by atoms with E-state index in [1.165, 1.54) is 6.07 Å². The van der Waals surface area contributed by atoms with E-state index in [0.29, 0.717) is 0 Å². The number of quaternary nitrogens is 1. The zero-order valence-corrected chi connectivity index (χ0v) is 15.2. The Bertz CT molecular complexity index is 794. The summed E-state index contributed by atoms with van der Waals surface area (Å²) >= 11 is 6.25. The smallest absolute Gasteiger partial charge is 0.282 e. The van der Waals surface area contributed by atoms with Crippen molar-refractivity contribution in [1.29, 1.82) is 0 Å². The van der Waals surface area contributed by atoms with E-state index < -0.39 is 11.6 Å². The average Bonchev–Trinajstić information content (AvgIpc) is 2.65. The number of anilines is 2. The molecule has 1 saturated heterocycles. The zero-order chi connectivity index (χ0) is 18.7. The molecule has 0 spiro atoms. The lowest BCUT2D eigenvalue weighted by Gasteiger charge is -2.36. The Hall–Kier alpha value is -2.18. The third kappa shape index (κ3) is 4.14. The van der Waals surface area contributed by atoms with Gasteiger partial charge in [0.25, 0.3) is 5.91 Å². The monoisotopic (exact) mass is 380 g/mol. The van der Waals surface area contributed by atoms with Gasteiger partial charge in [-0.15, -0.1) is 0 Å². The third-order valence-corrected chi connectivity index (χ3v) is 5.11. The number of halogens is 3. The molecule has 2 aromatic rings. The molecule has 4 nitrogen and oxygen atoms in total. The van der Waals surface area contributed by atoms with E-state index in [1.54, 1.807) is 0 Å². The summed E-state index contributed by atoms with van der Waals surface area (Å²) in [6, 6.07) is 10.8. The molecule has 0 radical (unpaired) electrons. The second-order valence-electron chi connectivity index (χ2n) is 6.44. The van der Waals surface area contributed by atoms with Crippen LogP contribution in [0.3, 0.4) is 0 Å². The minimum Gasteiger partial charge on any atom is -0.359 e. The van der Waals surface area contributed by atoms with Crippen molar-refractivity contribution in [2.24, 2.45) is 0 Å². The van der Waals surface area contributed by atoms with Crippen molar-refractivity contribution in [3.63, 3.8) is 0 Å². The minimum absolute atomic E-state index is 0.211. The first-order valence-electron chi connectivity index (χ1n) is 8.55. The fourth-order valence-electron chi connectivity index (χ4n) is 3.19. The van der Waals surface area contributed by atoms with Gasteiger partial charge in [-0.2, -0.15) is 0 Å². The molecule has 1 aliphatic heterocycles. The molecule has 1 fully saturated rings. The van der Waals surface area contributed by atoms with Crippen LogP contribution in [-0.2, 0) is 4.79 Å². The Morgan fingerprint density at radius 2 is 1.85 bits per heavy atom. The summed E-state index contributed by atoms with van der Waals surface area (Å²) in [5.74, 6) is -2.12. The van der Waals surface area contributed by atoms with E-state index in [-0.39, 0.29) is 17.6 Å². The van der Waals surface area contributed by atoms with Crippen LogP contribution in [0.4, 0.5) is 20.2 Å². The molecule has 1 amide bonds. The van der Waals surface area contributed by atoms with Crippen LogP contribution >= 0.6 is 11.6 Å². The van der Waals surface area contributed by atoms with Gasteiger partial charge in [-0.3, -0.25) is 4.79 Å². The first-order chi connectivity index (χ1) is 12.5. The first kappa shape index (κ1) is 18.6. The fraction of sp³-hybridized carbons (Fsp3) is 0.316. The molecule has 0 unspecified atom stereocenters. The number of hydrogen-bond acceptors (Lipinski definition) is 2. The van der Waals surface area contributed by atoms with Crippen molar-refractivity contribution in [3.05, 3.63) is 59.1 Å². The Morgan fingerprint density at radius 3 is 2.50 bits per heavy atom. The second-order valence-corrected chi connectivity index (χ2v) is 6.84. The number of carbonyl (C=O) groups excluding carboxylic acids is 1. The molecule has 0 saturated carbocycles. The number of amides is 1. The van der Waals surface area contributed by atoms with E-state index in [9.17, 15) is 13.6 Å². The van der Waals surface area contributed by atoms with Gasteiger partial charge < -0.3 is 15.1 Å². The Morgan fingerprint density at radius 1 is 1.15 bits per heavy atom. The highest BCUT2D eigenvalue weighted by Crippen LogP contribution is 2.24. The van der Waals surface area contributed by atoms with Crippen LogP contribution in [0.2, 0.25) is 5.02 Å². The maximum atomic E-state index is 13.3. The van der Waals surface area contributed by atoms with Gasteiger partial charge in [0.15, 0.2) is 17.7 Å². The van der Waals surface area contributed by atoms with E-state index in [1.807, 2.05) is 31.2 Å². The molecule has 3 rings (SSSR count). The number of rotatable bonds is 4. The normalized spacial score (nSPS) is 16.4. The molecule has 1 heterocycles. The Labute approximate surface area is 156 Å². The van der Waals surface area contributed by atoms with Crippen molar-refractivity contribution in [2.45, 2.75) is 13.0 Å². The summed E-state index contributed by atoms with van der Waals surface area (Å²) in [6.07, 6.45) is 0. The third-order valence-electron chi connectivity index (χ3n) is 4.79. The van der Waals surface area contributed by atoms with Gasteiger partial charge in [-0.1, -0.05) is 23.7 Å². The molecule has 1 aliphatic rings. The van der Waals surface area contributed by atoms with Crippen molar-refractivity contribution in [3.8, 4) is 0 Å². The second kappa shape index (κ2) is 8.01. The topological polar surface area (TPSA) is 36.8 Å². The number of para-hydroxylation sites is 1. The lowest BCUT2D eigenvalue weighted by atomic mass is 10.2. The van der Waals surface area contributed by atoms with Crippen LogP contribution in [0, 0.1) is 11.6 Å². The van der Waals surface area contributed by atoms with Gasteiger partial charge in [0.2, 0.25) is 0 Å². The first-order valence-corrected chi connectivity index (χ1v) is 8.93. The number of carbonyl (C=O) groups is 1. The molecule has 0 aromatic heterocycles. The average molecular weight is 381 g/mol. The lowest BCUT2D eigenvalue weighted by Crippen LogP contribution is -3.19. The summed E-state index contributed by atoms with van der Waals surface area (Å²) < 4.78 is 26.3. The van der Waals surface area contributed by atoms with Crippen LogP contribution in [0.1, 0.15) is 6.92 Å². The Balaban J connectivity index is 1.57. The summed E-state index contributed by atoms with van der Waals surface area (Å²) in [6.45, 7) is 5.01. The van der Waals surface area contributed by atoms with Crippen LogP contribution in [0.25, 0.3) is 0 Å². The largest absolute Gasteiger partial charge is 0.359 e. The lowest BCUT2D eigenvalue weighted by molar-refractivity contribution is -0.914. The van der Waals surface area contributed by atoms with E-state index in [2.05, 4.69) is 10.2 Å². The fourth-order valence-corrected chi connectivity index (χ4v) is 3.44. The SMILES string of the molecule is C[C@@H](C(=O)Nc1ccc(F)c(F)c1)[NH+]1CCN(c2ccccc2Cl)CC1. The summed E-state index contributed by atoms with van der Waals surface area (Å²) in [4.78, 5) is 15.8. The molecular weight excluding hydrogens is 360 g/mol. The van der Waals surface area contributed by atoms with Gasteiger partial charge in [0.05, 0.1) is 36.9 Å². The molecular formula is C19H21ClF2N3O+. The van der Waals surface area contributed by atoms with Crippen LogP contribution in [0.5, 0.6) is 0 Å². The molecule has 0 aliphatic carbocycles. The van der Waals surface area contributed by atoms with Crippen LogP contribution in [-0.4, -0.2) is 38.1 Å². The highest BCUT2D eigenvalue weighted by Gasteiger charge is 2.29. The Kier molecular flexibility index (Phi) is 5.74. The van der Waals surface area contributed by atoms with Crippen LogP contribution in [0.15, 0.2) is 42.5 Å². The molecule has 138 valence electrons.